The Morgan fingerprint density at radius 2 is 1.50 bits per heavy atom. The molecule has 16 heavy (non-hydrogen) atoms. The van der Waals surface area contributed by atoms with Crippen molar-refractivity contribution in [3.8, 4) is 0 Å². The first kappa shape index (κ1) is 16.7. The van der Waals surface area contributed by atoms with Crippen molar-refractivity contribution in [3.63, 3.8) is 0 Å². The van der Waals surface area contributed by atoms with E-state index < -0.39 is 13.3 Å². The summed E-state index contributed by atoms with van der Waals surface area (Å²) in [6.45, 7) is -4.58. The third-order valence-corrected chi connectivity index (χ3v) is 2.34. The summed E-state index contributed by atoms with van der Waals surface area (Å²) in [5.41, 5.74) is 1.20. The quantitative estimate of drug-likeness (QED) is 0.529. The Hall–Kier alpha value is 0.711. The minimum Gasteiger partial charge on any atom is -0.449 e. The molecule has 84 valence electrons. The second-order valence-corrected chi connectivity index (χ2v) is 3.80. The molecule has 1 aromatic rings. The Balaban J connectivity index is 0.00000225. The van der Waals surface area contributed by atoms with Gasteiger partial charge in [-0.25, -0.2) is 0 Å². The zero-order valence-corrected chi connectivity index (χ0v) is 12.8. The minimum absolute atomic E-state index is 0. The molecule has 0 spiro atoms. The number of hydrogen-bond donors (Lipinski definition) is 0. The molecule has 0 radical (unpaired) electrons. The zero-order valence-electron chi connectivity index (χ0n) is 9.63. The summed E-state index contributed by atoms with van der Waals surface area (Å²) in [6, 6.07) is 9.86. The number of benzene rings is 1. The van der Waals surface area contributed by atoms with Crippen LogP contribution in [0.3, 0.4) is 0 Å². The van der Waals surface area contributed by atoms with Gasteiger partial charge in [0.25, 0.3) is 0 Å². The molecule has 0 heterocycles. The van der Waals surface area contributed by atoms with Crippen LogP contribution in [0.2, 0.25) is 6.32 Å². The fourth-order valence-electron chi connectivity index (χ4n) is 1.53. The molecule has 0 bridgehead atoms. The van der Waals surface area contributed by atoms with Crippen LogP contribution in [0, 0.1) is 0 Å². The summed E-state index contributed by atoms with van der Waals surface area (Å²) in [6.07, 6.45) is 2.07. The van der Waals surface area contributed by atoms with E-state index in [1.807, 2.05) is 30.3 Å². The molecule has 0 saturated carbocycles. The van der Waals surface area contributed by atoms with Crippen LogP contribution in [0.15, 0.2) is 30.3 Å². The third-order valence-electron chi connectivity index (χ3n) is 2.34. The van der Waals surface area contributed by atoms with E-state index in [9.17, 15) is 12.9 Å². The van der Waals surface area contributed by atoms with Crippen LogP contribution in [0.25, 0.3) is 0 Å². The molecule has 0 aromatic heterocycles. The molecule has 0 aliphatic heterocycles. The van der Waals surface area contributed by atoms with Gasteiger partial charge in [0, 0.05) is 0 Å². The van der Waals surface area contributed by atoms with Crippen molar-refractivity contribution in [3.05, 3.63) is 35.9 Å². The van der Waals surface area contributed by atoms with E-state index in [2.05, 4.69) is 0 Å². The van der Waals surface area contributed by atoms with Gasteiger partial charge in [0.1, 0.15) is 0 Å². The average molecular weight is 254 g/mol. The molecular weight excluding hydrogens is 239 g/mol. The van der Waals surface area contributed by atoms with E-state index in [1.54, 1.807) is 0 Å². The fourth-order valence-corrected chi connectivity index (χ4v) is 1.53. The summed E-state index contributed by atoms with van der Waals surface area (Å²) < 4.78 is 35.6. The van der Waals surface area contributed by atoms with Crippen LogP contribution >= 0.6 is 0 Å². The summed E-state index contributed by atoms with van der Waals surface area (Å²) in [5.74, 6) is 0. The van der Waals surface area contributed by atoms with Crippen molar-refractivity contribution >= 4 is 6.98 Å². The van der Waals surface area contributed by atoms with E-state index in [0.717, 1.165) is 12.8 Å². The maximum absolute atomic E-state index is 11.9. The Bertz CT molecular complexity index is 274. The van der Waals surface area contributed by atoms with Crippen molar-refractivity contribution in [2.45, 2.75) is 32.0 Å². The van der Waals surface area contributed by atoms with Crippen molar-refractivity contribution in [2.24, 2.45) is 0 Å². The predicted molar refractivity (Wildman–Crippen MR) is 57.9 cm³/mol. The largest absolute Gasteiger partial charge is 1.00 e. The first-order valence-electron chi connectivity index (χ1n) is 5.33. The van der Waals surface area contributed by atoms with Crippen LogP contribution in [-0.2, 0) is 6.42 Å². The van der Waals surface area contributed by atoms with E-state index in [-0.39, 0.29) is 57.8 Å². The molecule has 0 N–H and O–H groups in total. The third kappa shape index (κ3) is 8.82. The van der Waals surface area contributed by atoms with Gasteiger partial charge in [0.2, 0.25) is 0 Å². The zero-order chi connectivity index (χ0) is 11.1. The SMILES string of the molecule is F[B-](F)(F)CCCCCc1ccccc1.[K+]. The molecule has 0 amide bonds. The molecule has 0 saturated heterocycles. The maximum atomic E-state index is 11.9. The summed E-state index contributed by atoms with van der Waals surface area (Å²) >= 11 is 0. The van der Waals surface area contributed by atoms with E-state index >= 15 is 0 Å². The maximum Gasteiger partial charge on any atom is 1.00 e. The van der Waals surface area contributed by atoms with Gasteiger partial charge in [-0.3, -0.25) is 0 Å². The van der Waals surface area contributed by atoms with Crippen molar-refractivity contribution in [1.29, 1.82) is 0 Å². The van der Waals surface area contributed by atoms with Gasteiger partial charge in [-0.2, -0.15) is 0 Å². The molecule has 0 fully saturated rings. The molecule has 0 aliphatic rings. The predicted octanol–water partition coefficient (Wildman–Crippen LogP) is 1.25. The number of unbranched alkanes of at least 4 members (excludes halogenated alkanes) is 2. The summed E-state index contributed by atoms with van der Waals surface area (Å²) in [5, 5.41) is 0. The molecular formula is C11H15BF3K. The van der Waals surface area contributed by atoms with Gasteiger partial charge < -0.3 is 12.9 Å². The Morgan fingerprint density at radius 3 is 2.06 bits per heavy atom. The van der Waals surface area contributed by atoms with Crippen molar-refractivity contribution in [1.82, 2.24) is 0 Å². The second kappa shape index (κ2) is 8.75. The minimum atomic E-state index is -4.58. The Morgan fingerprint density at radius 1 is 0.875 bits per heavy atom. The first-order chi connectivity index (χ1) is 7.08. The topological polar surface area (TPSA) is 0 Å². The molecule has 1 aromatic carbocycles. The van der Waals surface area contributed by atoms with Crippen LogP contribution < -0.4 is 51.4 Å². The van der Waals surface area contributed by atoms with Crippen molar-refractivity contribution in [2.75, 3.05) is 0 Å². The number of aryl methyl sites for hydroxylation is 1. The number of rotatable bonds is 6. The van der Waals surface area contributed by atoms with Crippen LogP contribution in [0.1, 0.15) is 24.8 Å². The number of hydrogen-bond acceptors (Lipinski definition) is 0. The van der Waals surface area contributed by atoms with Gasteiger partial charge in [-0.1, -0.05) is 49.5 Å². The fraction of sp³-hybridized carbons (Fsp3) is 0.455. The van der Waals surface area contributed by atoms with E-state index in [4.69, 9.17) is 0 Å². The number of halogens is 3. The van der Waals surface area contributed by atoms with Gasteiger partial charge in [0.15, 0.2) is 0 Å². The van der Waals surface area contributed by atoms with Gasteiger partial charge in [-0.15, -0.1) is 0 Å². The average Bonchev–Trinajstić information content (AvgIpc) is 2.17. The summed E-state index contributed by atoms with van der Waals surface area (Å²) in [7, 11) is 0. The molecule has 0 unspecified atom stereocenters. The van der Waals surface area contributed by atoms with Crippen LogP contribution in [-0.4, -0.2) is 6.98 Å². The van der Waals surface area contributed by atoms with Gasteiger partial charge in [-0.05, 0) is 18.4 Å². The molecule has 0 aliphatic carbocycles. The Kier molecular flexibility index (Phi) is 9.14. The summed E-state index contributed by atoms with van der Waals surface area (Å²) in [4.78, 5) is 0. The van der Waals surface area contributed by atoms with Gasteiger partial charge in [0.05, 0.1) is 0 Å². The molecule has 5 heteroatoms. The standard InChI is InChI=1S/C11H15BF3.K/c13-12(14,15)10-6-2-5-9-11-7-3-1-4-8-11;/h1,3-4,7-8H,2,5-6,9-10H2;/q-1;+1. The monoisotopic (exact) mass is 254 g/mol. The Labute approximate surface area is 137 Å². The van der Waals surface area contributed by atoms with Gasteiger partial charge >= 0.3 is 58.4 Å². The van der Waals surface area contributed by atoms with Crippen molar-refractivity contribution < 1.29 is 64.3 Å². The second-order valence-electron chi connectivity index (χ2n) is 3.80. The molecule has 0 nitrogen and oxygen atoms in total. The normalized spacial score (nSPS) is 10.9. The van der Waals surface area contributed by atoms with Crippen LogP contribution in [0.5, 0.6) is 0 Å². The van der Waals surface area contributed by atoms with E-state index in [1.165, 1.54) is 5.56 Å². The first-order valence-corrected chi connectivity index (χ1v) is 5.33. The smallest absolute Gasteiger partial charge is 0.449 e. The van der Waals surface area contributed by atoms with Crippen LogP contribution in [0.4, 0.5) is 12.9 Å². The molecule has 0 atom stereocenters. The van der Waals surface area contributed by atoms with E-state index in [0.29, 0.717) is 6.42 Å². The molecule has 1 rings (SSSR count).